The molecule has 6 nitrogen and oxygen atoms in total. The van der Waals surface area contributed by atoms with Crippen LogP contribution in [-0.4, -0.2) is 25.7 Å². The van der Waals surface area contributed by atoms with Gasteiger partial charge in [-0.15, -0.1) is 0 Å². The molecule has 2 aromatic rings. The highest BCUT2D eigenvalue weighted by Crippen LogP contribution is 2.19. The van der Waals surface area contributed by atoms with Crippen LogP contribution < -0.4 is 5.32 Å². The zero-order valence-corrected chi connectivity index (χ0v) is 13.2. The lowest BCUT2D eigenvalue weighted by Gasteiger charge is -2.12. The molecule has 0 saturated heterocycles. The van der Waals surface area contributed by atoms with Crippen LogP contribution in [0.1, 0.15) is 56.0 Å². The van der Waals surface area contributed by atoms with E-state index in [0.29, 0.717) is 11.6 Å². The predicted octanol–water partition coefficient (Wildman–Crippen LogP) is 3.28. The van der Waals surface area contributed by atoms with E-state index in [0.717, 1.165) is 0 Å². The Kier molecular flexibility index (Phi) is 4.57. The molecule has 1 amide bonds. The second-order valence-electron chi connectivity index (χ2n) is 5.29. The molecule has 0 aromatic carbocycles. The summed E-state index contributed by atoms with van der Waals surface area (Å²) in [6.45, 7) is 7.88. The first-order chi connectivity index (χ1) is 9.90. The second kappa shape index (κ2) is 6.22. The van der Waals surface area contributed by atoms with Crippen molar-refractivity contribution >= 4 is 23.3 Å². The monoisotopic (exact) mass is 307 g/mol. The normalized spacial score (nSPS) is 11.2. The molecule has 2 aromatic heterocycles. The standard InChI is InChI=1S/C14H18ClN5O/c1-8(2)13-16-7-10(15)12(19-13)14(21)18-11-5-6-17-20(11)9(3)4/h5-9H,1-4H3,(H,18,21). The summed E-state index contributed by atoms with van der Waals surface area (Å²) in [5, 5.41) is 7.18. The SMILES string of the molecule is CC(C)c1ncc(Cl)c(C(=O)Nc2ccnn2C(C)C)n1. The van der Waals surface area contributed by atoms with Crippen molar-refractivity contribution in [2.45, 2.75) is 39.7 Å². The lowest BCUT2D eigenvalue weighted by atomic mass is 10.2. The van der Waals surface area contributed by atoms with Crippen molar-refractivity contribution < 1.29 is 4.79 Å². The Morgan fingerprint density at radius 1 is 1.33 bits per heavy atom. The number of carbonyl (C=O) groups is 1. The van der Waals surface area contributed by atoms with Crippen molar-refractivity contribution in [3.63, 3.8) is 0 Å². The summed E-state index contributed by atoms with van der Waals surface area (Å²) in [5.41, 5.74) is 0.173. The van der Waals surface area contributed by atoms with Crippen LogP contribution in [0.4, 0.5) is 5.82 Å². The van der Waals surface area contributed by atoms with Gasteiger partial charge in [0.1, 0.15) is 11.6 Å². The highest BCUT2D eigenvalue weighted by molar-refractivity contribution is 6.33. The quantitative estimate of drug-likeness (QED) is 0.940. The number of carbonyl (C=O) groups excluding carboxylic acids is 1. The summed E-state index contributed by atoms with van der Waals surface area (Å²) in [6.07, 6.45) is 3.09. The summed E-state index contributed by atoms with van der Waals surface area (Å²) >= 11 is 6.03. The van der Waals surface area contributed by atoms with E-state index in [4.69, 9.17) is 11.6 Å². The first kappa shape index (κ1) is 15.4. The van der Waals surface area contributed by atoms with E-state index < -0.39 is 0 Å². The fourth-order valence-corrected chi connectivity index (χ4v) is 2.00. The third-order valence-electron chi connectivity index (χ3n) is 2.90. The minimum absolute atomic E-state index is 0.120. The maximum Gasteiger partial charge on any atom is 0.277 e. The van der Waals surface area contributed by atoms with E-state index in [1.54, 1.807) is 16.9 Å². The van der Waals surface area contributed by atoms with E-state index >= 15 is 0 Å². The molecule has 0 spiro atoms. The van der Waals surface area contributed by atoms with Crippen LogP contribution in [0.3, 0.4) is 0 Å². The molecule has 0 bridgehead atoms. The molecule has 1 N–H and O–H groups in total. The van der Waals surface area contributed by atoms with Gasteiger partial charge in [-0.05, 0) is 13.8 Å². The van der Waals surface area contributed by atoms with E-state index in [2.05, 4.69) is 20.4 Å². The van der Waals surface area contributed by atoms with Gasteiger partial charge in [0.05, 0.1) is 17.4 Å². The Hall–Kier alpha value is -1.95. The third kappa shape index (κ3) is 3.39. The lowest BCUT2D eigenvalue weighted by Crippen LogP contribution is -2.19. The molecule has 7 heteroatoms. The van der Waals surface area contributed by atoms with Crippen molar-refractivity contribution in [1.29, 1.82) is 0 Å². The fourth-order valence-electron chi connectivity index (χ4n) is 1.82. The van der Waals surface area contributed by atoms with Crippen LogP contribution >= 0.6 is 11.6 Å². The predicted molar refractivity (Wildman–Crippen MR) is 81.7 cm³/mol. The summed E-state index contributed by atoms with van der Waals surface area (Å²) in [6, 6.07) is 1.87. The summed E-state index contributed by atoms with van der Waals surface area (Å²) in [5.74, 6) is 0.944. The van der Waals surface area contributed by atoms with Crippen molar-refractivity contribution in [2.24, 2.45) is 0 Å². The Labute approximate surface area is 128 Å². The van der Waals surface area contributed by atoms with Crippen LogP contribution in [0.15, 0.2) is 18.5 Å². The van der Waals surface area contributed by atoms with Crippen molar-refractivity contribution in [2.75, 3.05) is 5.32 Å². The van der Waals surface area contributed by atoms with E-state index in [9.17, 15) is 4.79 Å². The van der Waals surface area contributed by atoms with Crippen molar-refractivity contribution in [3.8, 4) is 0 Å². The summed E-state index contributed by atoms with van der Waals surface area (Å²) in [7, 11) is 0. The Morgan fingerprint density at radius 3 is 2.67 bits per heavy atom. The minimum Gasteiger partial charge on any atom is -0.305 e. The molecular formula is C14H18ClN5O. The molecule has 0 radical (unpaired) electrons. The minimum atomic E-state index is -0.369. The second-order valence-corrected chi connectivity index (χ2v) is 5.70. The van der Waals surface area contributed by atoms with E-state index in [1.807, 2.05) is 27.7 Å². The zero-order valence-electron chi connectivity index (χ0n) is 12.5. The molecule has 0 atom stereocenters. The number of amides is 1. The van der Waals surface area contributed by atoms with E-state index in [1.165, 1.54) is 6.20 Å². The van der Waals surface area contributed by atoms with Gasteiger partial charge < -0.3 is 5.32 Å². The first-order valence-electron chi connectivity index (χ1n) is 6.77. The number of hydrogen-bond donors (Lipinski definition) is 1. The molecule has 112 valence electrons. The summed E-state index contributed by atoms with van der Waals surface area (Å²) in [4.78, 5) is 20.7. The van der Waals surface area contributed by atoms with Crippen LogP contribution in [0.2, 0.25) is 5.02 Å². The maximum atomic E-state index is 12.4. The number of halogens is 1. The van der Waals surface area contributed by atoms with Gasteiger partial charge in [-0.1, -0.05) is 25.4 Å². The number of nitrogens with zero attached hydrogens (tertiary/aromatic N) is 4. The fraction of sp³-hybridized carbons (Fsp3) is 0.429. The molecule has 21 heavy (non-hydrogen) atoms. The molecule has 0 aliphatic heterocycles. The van der Waals surface area contributed by atoms with Gasteiger partial charge >= 0.3 is 0 Å². The smallest absolute Gasteiger partial charge is 0.277 e. The molecule has 0 aliphatic rings. The number of hydrogen-bond acceptors (Lipinski definition) is 4. The molecular weight excluding hydrogens is 290 g/mol. The lowest BCUT2D eigenvalue weighted by molar-refractivity contribution is 0.102. The van der Waals surface area contributed by atoms with E-state index in [-0.39, 0.29) is 28.6 Å². The molecule has 2 rings (SSSR count). The van der Waals surface area contributed by atoms with Gasteiger partial charge in [0.15, 0.2) is 5.69 Å². The highest BCUT2D eigenvalue weighted by atomic mass is 35.5. The van der Waals surface area contributed by atoms with Gasteiger partial charge in [0.25, 0.3) is 5.91 Å². The number of nitrogens with one attached hydrogen (secondary N) is 1. The zero-order chi connectivity index (χ0) is 15.6. The Morgan fingerprint density at radius 2 is 2.05 bits per heavy atom. The van der Waals surface area contributed by atoms with Crippen LogP contribution in [0.25, 0.3) is 0 Å². The van der Waals surface area contributed by atoms with Gasteiger partial charge in [-0.2, -0.15) is 5.10 Å². The Bertz CT molecular complexity index is 651. The average Bonchev–Trinajstić information content (AvgIpc) is 2.87. The maximum absolute atomic E-state index is 12.4. The van der Waals surface area contributed by atoms with Crippen LogP contribution in [0.5, 0.6) is 0 Å². The topological polar surface area (TPSA) is 72.7 Å². The average molecular weight is 308 g/mol. The van der Waals surface area contributed by atoms with Crippen molar-refractivity contribution in [1.82, 2.24) is 19.7 Å². The Balaban J connectivity index is 2.28. The number of rotatable bonds is 4. The van der Waals surface area contributed by atoms with Gasteiger partial charge in [-0.25, -0.2) is 14.6 Å². The first-order valence-corrected chi connectivity index (χ1v) is 7.15. The van der Waals surface area contributed by atoms with Crippen LogP contribution in [0, 0.1) is 0 Å². The molecule has 0 aliphatic carbocycles. The third-order valence-corrected chi connectivity index (χ3v) is 3.17. The number of aromatic nitrogens is 4. The molecule has 2 heterocycles. The van der Waals surface area contributed by atoms with Gasteiger partial charge in [0, 0.05) is 18.0 Å². The largest absolute Gasteiger partial charge is 0.305 e. The molecule has 0 unspecified atom stereocenters. The highest BCUT2D eigenvalue weighted by Gasteiger charge is 2.17. The molecule has 0 saturated carbocycles. The molecule has 0 fully saturated rings. The summed E-state index contributed by atoms with van der Waals surface area (Å²) < 4.78 is 1.72. The van der Waals surface area contributed by atoms with Gasteiger partial charge in [-0.3, -0.25) is 4.79 Å². The van der Waals surface area contributed by atoms with Gasteiger partial charge in [0.2, 0.25) is 0 Å². The number of anilines is 1. The van der Waals surface area contributed by atoms with Crippen LogP contribution in [-0.2, 0) is 0 Å². The van der Waals surface area contributed by atoms with Crippen molar-refractivity contribution in [3.05, 3.63) is 35.0 Å².